The monoisotopic (exact) mass is 272 g/mol. The van der Waals surface area contributed by atoms with Gasteiger partial charge in [-0.1, -0.05) is 27.2 Å². The predicted molar refractivity (Wildman–Crippen MR) is 80.3 cm³/mol. The maximum Gasteiger partial charge on any atom is 0.323 e. The van der Waals surface area contributed by atoms with E-state index in [1.807, 2.05) is 6.92 Å². The van der Waals surface area contributed by atoms with E-state index in [4.69, 9.17) is 4.74 Å². The Morgan fingerprint density at radius 3 is 2.32 bits per heavy atom. The number of nitrogens with zero attached hydrogens (tertiary/aromatic N) is 1. The molecule has 0 saturated heterocycles. The van der Waals surface area contributed by atoms with Gasteiger partial charge >= 0.3 is 5.97 Å². The number of nitrogens with one attached hydrogen (secondary N) is 1. The van der Waals surface area contributed by atoms with Crippen LogP contribution in [0.5, 0.6) is 0 Å². The lowest BCUT2D eigenvalue weighted by Gasteiger charge is -2.28. The van der Waals surface area contributed by atoms with Gasteiger partial charge in [-0.25, -0.2) is 0 Å². The molecule has 0 aliphatic carbocycles. The Bertz CT molecular complexity index is 232. The number of ether oxygens (including phenoxy) is 1. The minimum atomic E-state index is -0.173. The highest BCUT2D eigenvalue weighted by Crippen LogP contribution is 2.09. The van der Waals surface area contributed by atoms with Crippen molar-refractivity contribution in [3.05, 3.63) is 0 Å². The topological polar surface area (TPSA) is 41.6 Å². The maximum atomic E-state index is 11.9. The van der Waals surface area contributed by atoms with Crippen molar-refractivity contribution in [2.45, 2.75) is 59.0 Å². The molecule has 19 heavy (non-hydrogen) atoms. The van der Waals surface area contributed by atoms with Gasteiger partial charge in [0.25, 0.3) is 0 Å². The molecule has 4 heteroatoms. The second-order valence-electron chi connectivity index (χ2n) is 5.85. The first-order valence-corrected chi connectivity index (χ1v) is 7.48. The lowest BCUT2D eigenvalue weighted by Crippen LogP contribution is -2.48. The molecule has 0 spiro atoms. The Morgan fingerprint density at radius 1 is 1.26 bits per heavy atom. The summed E-state index contributed by atoms with van der Waals surface area (Å²) in [6.07, 6.45) is 2.88. The van der Waals surface area contributed by atoms with Crippen molar-refractivity contribution in [1.29, 1.82) is 0 Å². The Morgan fingerprint density at radius 2 is 1.89 bits per heavy atom. The van der Waals surface area contributed by atoms with Crippen molar-refractivity contribution in [3.8, 4) is 0 Å². The summed E-state index contributed by atoms with van der Waals surface area (Å²) in [6, 6.07) is 0.157. The van der Waals surface area contributed by atoms with Gasteiger partial charge in [-0.3, -0.25) is 4.79 Å². The summed E-state index contributed by atoms with van der Waals surface area (Å²) in [5.41, 5.74) is 0. The van der Waals surface area contributed by atoms with E-state index in [1.54, 1.807) is 0 Å². The third-order valence-electron chi connectivity index (χ3n) is 2.93. The van der Waals surface area contributed by atoms with E-state index in [0.717, 1.165) is 25.8 Å². The zero-order valence-electron chi connectivity index (χ0n) is 13.5. The number of hydrogen-bond donors (Lipinski definition) is 1. The number of likely N-dealkylation sites (N-methyl/N-ethyl adjacent to an activating group) is 1. The average Bonchev–Trinajstić information content (AvgIpc) is 2.26. The van der Waals surface area contributed by atoms with E-state index in [2.05, 4.69) is 45.1 Å². The van der Waals surface area contributed by atoms with Crippen LogP contribution in [0.1, 0.15) is 47.0 Å². The molecule has 0 aliphatic heterocycles. The van der Waals surface area contributed by atoms with Crippen LogP contribution in [0.2, 0.25) is 0 Å². The van der Waals surface area contributed by atoms with Crippen molar-refractivity contribution in [2.75, 3.05) is 27.2 Å². The van der Waals surface area contributed by atoms with Crippen molar-refractivity contribution in [3.63, 3.8) is 0 Å². The number of carbonyl (C=O) groups is 1. The van der Waals surface area contributed by atoms with Crippen molar-refractivity contribution in [1.82, 2.24) is 10.2 Å². The zero-order valence-corrected chi connectivity index (χ0v) is 13.5. The predicted octanol–water partition coefficient (Wildman–Crippen LogP) is 2.28. The fraction of sp³-hybridized carbons (Fsp3) is 0.933. The minimum absolute atomic E-state index is 0.114. The number of rotatable bonds is 10. The molecule has 2 atom stereocenters. The fourth-order valence-electron chi connectivity index (χ4n) is 2.29. The largest absolute Gasteiger partial charge is 0.465 e. The van der Waals surface area contributed by atoms with Gasteiger partial charge in [0.15, 0.2) is 0 Å². The highest BCUT2D eigenvalue weighted by Gasteiger charge is 2.23. The van der Waals surface area contributed by atoms with Gasteiger partial charge in [-0.2, -0.15) is 0 Å². The Labute approximate surface area is 118 Å². The molecule has 0 rings (SSSR count). The van der Waals surface area contributed by atoms with Gasteiger partial charge in [0.2, 0.25) is 0 Å². The molecule has 0 aliphatic rings. The second kappa shape index (κ2) is 10.2. The van der Waals surface area contributed by atoms with Crippen LogP contribution < -0.4 is 5.32 Å². The van der Waals surface area contributed by atoms with E-state index in [1.165, 1.54) is 0 Å². The zero-order chi connectivity index (χ0) is 14.8. The van der Waals surface area contributed by atoms with Crippen LogP contribution in [0, 0.1) is 5.92 Å². The van der Waals surface area contributed by atoms with E-state index in [9.17, 15) is 4.79 Å². The van der Waals surface area contributed by atoms with Crippen molar-refractivity contribution < 1.29 is 9.53 Å². The molecule has 4 nitrogen and oxygen atoms in total. The highest BCUT2D eigenvalue weighted by atomic mass is 16.5. The van der Waals surface area contributed by atoms with Crippen LogP contribution in [0.4, 0.5) is 0 Å². The summed E-state index contributed by atoms with van der Waals surface area (Å²) in [6.45, 7) is 9.76. The van der Waals surface area contributed by atoms with Crippen LogP contribution in [0.25, 0.3) is 0 Å². The number of esters is 1. The van der Waals surface area contributed by atoms with E-state index in [-0.39, 0.29) is 12.0 Å². The molecule has 0 aromatic rings. The SMILES string of the molecule is CCCC(NC(CC(C)C)CN(C)C)C(=O)OCC. The molecule has 0 aromatic carbocycles. The molecule has 0 fully saturated rings. The number of carbonyl (C=O) groups excluding carboxylic acids is 1. The Kier molecular flexibility index (Phi) is 9.88. The summed E-state index contributed by atoms with van der Waals surface area (Å²) in [5.74, 6) is 0.499. The molecule has 0 saturated carbocycles. The normalized spacial score (nSPS) is 14.7. The second-order valence-corrected chi connectivity index (χ2v) is 5.85. The molecule has 2 unspecified atom stereocenters. The quantitative estimate of drug-likeness (QED) is 0.620. The highest BCUT2D eigenvalue weighted by molar-refractivity contribution is 5.75. The summed E-state index contributed by atoms with van der Waals surface area (Å²) >= 11 is 0. The maximum absolute atomic E-state index is 11.9. The van der Waals surface area contributed by atoms with Gasteiger partial charge in [0.05, 0.1) is 6.61 Å². The standard InChI is InChI=1S/C15H32N2O2/c1-7-9-14(15(18)19-8-2)16-13(10-12(3)4)11-17(5)6/h12-14,16H,7-11H2,1-6H3. The Balaban J connectivity index is 4.57. The van der Waals surface area contributed by atoms with Gasteiger partial charge in [-0.05, 0) is 39.8 Å². The molecule has 114 valence electrons. The lowest BCUT2D eigenvalue weighted by molar-refractivity contribution is -0.146. The summed E-state index contributed by atoms with van der Waals surface area (Å²) in [7, 11) is 4.13. The first kappa shape index (κ1) is 18.4. The molecular weight excluding hydrogens is 240 g/mol. The fourth-order valence-corrected chi connectivity index (χ4v) is 2.29. The van der Waals surface area contributed by atoms with Gasteiger partial charge in [0.1, 0.15) is 6.04 Å². The van der Waals surface area contributed by atoms with Crippen molar-refractivity contribution >= 4 is 5.97 Å². The molecule has 1 N–H and O–H groups in total. The first-order valence-electron chi connectivity index (χ1n) is 7.48. The van der Waals surface area contributed by atoms with Crippen LogP contribution in [-0.4, -0.2) is 50.2 Å². The van der Waals surface area contributed by atoms with Crippen LogP contribution in [0.15, 0.2) is 0 Å². The summed E-state index contributed by atoms with van der Waals surface area (Å²) < 4.78 is 5.15. The van der Waals surface area contributed by atoms with Crippen LogP contribution in [-0.2, 0) is 9.53 Å². The Hall–Kier alpha value is -0.610. The first-order chi connectivity index (χ1) is 8.90. The van der Waals surface area contributed by atoms with Gasteiger partial charge < -0.3 is 15.0 Å². The number of hydrogen-bond acceptors (Lipinski definition) is 4. The smallest absolute Gasteiger partial charge is 0.323 e. The molecule has 0 bridgehead atoms. The summed E-state index contributed by atoms with van der Waals surface area (Å²) in [5, 5.41) is 3.49. The van der Waals surface area contributed by atoms with E-state index < -0.39 is 0 Å². The third kappa shape index (κ3) is 9.00. The average molecular weight is 272 g/mol. The lowest BCUT2D eigenvalue weighted by atomic mass is 10.0. The third-order valence-corrected chi connectivity index (χ3v) is 2.93. The molecule has 0 heterocycles. The van der Waals surface area contributed by atoms with Crippen molar-refractivity contribution in [2.24, 2.45) is 5.92 Å². The van der Waals surface area contributed by atoms with Crippen LogP contribution >= 0.6 is 0 Å². The van der Waals surface area contributed by atoms with Gasteiger partial charge in [-0.15, -0.1) is 0 Å². The van der Waals surface area contributed by atoms with E-state index >= 15 is 0 Å². The summed E-state index contributed by atoms with van der Waals surface area (Å²) in [4.78, 5) is 14.1. The molecular formula is C15H32N2O2. The van der Waals surface area contributed by atoms with E-state index in [0.29, 0.717) is 18.6 Å². The van der Waals surface area contributed by atoms with Crippen LogP contribution in [0.3, 0.4) is 0 Å². The van der Waals surface area contributed by atoms with Gasteiger partial charge in [0, 0.05) is 12.6 Å². The molecule has 0 radical (unpaired) electrons. The minimum Gasteiger partial charge on any atom is -0.465 e. The molecule has 0 amide bonds. The molecule has 0 aromatic heterocycles.